The quantitative estimate of drug-likeness (QED) is 0.878. The van der Waals surface area contributed by atoms with Crippen molar-refractivity contribution in [2.75, 3.05) is 18.5 Å². The monoisotopic (exact) mass is 286 g/mol. The lowest BCUT2D eigenvalue weighted by Crippen LogP contribution is -2.36. The van der Waals surface area contributed by atoms with E-state index in [-0.39, 0.29) is 19.2 Å². The second kappa shape index (κ2) is 7.35. The number of nitrogens with zero attached hydrogens (tertiary/aromatic N) is 3. The molecule has 2 amide bonds. The highest BCUT2D eigenvalue weighted by Crippen LogP contribution is 2.09. The Morgan fingerprint density at radius 1 is 1.29 bits per heavy atom. The van der Waals surface area contributed by atoms with Crippen LogP contribution < -0.4 is 5.32 Å². The van der Waals surface area contributed by atoms with E-state index in [1.165, 1.54) is 11.1 Å². The van der Waals surface area contributed by atoms with E-state index in [1.54, 1.807) is 12.1 Å². The van der Waals surface area contributed by atoms with Crippen LogP contribution in [-0.2, 0) is 6.54 Å². The molecule has 1 aromatic heterocycles. The molecule has 0 atom stereocenters. The van der Waals surface area contributed by atoms with Crippen molar-refractivity contribution >= 4 is 11.8 Å². The summed E-state index contributed by atoms with van der Waals surface area (Å²) in [6.07, 6.45) is 1.54. The zero-order valence-corrected chi connectivity index (χ0v) is 11.9. The summed E-state index contributed by atoms with van der Waals surface area (Å²) >= 11 is 0. The Morgan fingerprint density at radius 2 is 2.05 bits per heavy atom. The maximum Gasteiger partial charge on any atom is 0.323 e. The molecule has 0 saturated heterocycles. The summed E-state index contributed by atoms with van der Waals surface area (Å²) in [6.45, 7) is 2.59. The molecule has 0 aliphatic carbocycles. The number of carbonyl (C=O) groups is 1. The van der Waals surface area contributed by atoms with Gasteiger partial charge in [0.05, 0.1) is 6.61 Å². The fourth-order valence-electron chi connectivity index (χ4n) is 1.84. The van der Waals surface area contributed by atoms with E-state index in [4.69, 9.17) is 5.11 Å². The van der Waals surface area contributed by atoms with Gasteiger partial charge in [-0.05, 0) is 24.6 Å². The van der Waals surface area contributed by atoms with Crippen molar-refractivity contribution < 1.29 is 9.90 Å². The third-order valence-corrected chi connectivity index (χ3v) is 2.96. The number of urea groups is 1. The molecule has 0 unspecified atom stereocenters. The van der Waals surface area contributed by atoms with E-state index in [9.17, 15) is 4.79 Å². The first-order valence-corrected chi connectivity index (χ1v) is 6.69. The Hall–Kier alpha value is -2.47. The average Bonchev–Trinajstić information content (AvgIpc) is 2.50. The van der Waals surface area contributed by atoms with E-state index in [0.29, 0.717) is 12.4 Å². The van der Waals surface area contributed by atoms with Crippen molar-refractivity contribution in [3.05, 3.63) is 53.7 Å². The lowest BCUT2D eigenvalue weighted by molar-refractivity contribution is 0.185. The van der Waals surface area contributed by atoms with Crippen molar-refractivity contribution in [1.82, 2.24) is 15.1 Å². The molecule has 0 spiro atoms. The highest BCUT2D eigenvalue weighted by atomic mass is 16.3. The fraction of sp³-hybridized carbons (Fsp3) is 0.267. The lowest BCUT2D eigenvalue weighted by atomic mass is 10.1. The average molecular weight is 286 g/mol. The molecule has 0 aliphatic rings. The minimum absolute atomic E-state index is 0.0975. The van der Waals surface area contributed by atoms with E-state index in [0.717, 1.165) is 11.1 Å². The summed E-state index contributed by atoms with van der Waals surface area (Å²) in [6, 6.07) is 11.0. The molecular formula is C15H18N4O2. The summed E-state index contributed by atoms with van der Waals surface area (Å²) in [5.41, 5.74) is 2.17. The number of aliphatic hydroxyl groups excluding tert-OH is 1. The molecule has 0 fully saturated rings. The number of anilines is 1. The third-order valence-electron chi connectivity index (χ3n) is 2.96. The van der Waals surface area contributed by atoms with Gasteiger partial charge in [0.15, 0.2) is 5.82 Å². The Bertz CT molecular complexity index is 572. The molecule has 0 saturated carbocycles. The molecular weight excluding hydrogens is 268 g/mol. The Kier molecular flexibility index (Phi) is 5.22. The zero-order chi connectivity index (χ0) is 15.1. The highest BCUT2D eigenvalue weighted by Gasteiger charge is 2.14. The van der Waals surface area contributed by atoms with Crippen LogP contribution in [0.2, 0.25) is 0 Å². The molecule has 0 bridgehead atoms. The van der Waals surface area contributed by atoms with E-state index < -0.39 is 0 Å². The standard InChI is InChI=1S/C15H18N4O2/c1-12-4-6-13(7-5-12)11-19(9-10-20)15(21)17-14-3-2-8-16-18-14/h2-8,20H,9-11H2,1H3,(H,17,18,21). The highest BCUT2D eigenvalue weighted by molar-refractivity contribution is 5.88. The smallest absolute Gasteiger partial charge is 0.323 e. The first-order valence-electron chi connectivity index (χ1n) is 6.69. The number of aromatic nitrogens is 2. The Morgan fingerprint density at radius 3 is 2.67 bits per heavy atom. The Labute approximate surface area is 123 Å². The summed E-state index contributed by atoms with van der Waals surface area (Å²) in [5.74, 6) is 0.384. The maximum atomic E-state index is 12.2. The molecule has 110 valence electrons. The number of rotatable bonds is 5. The van der Waals surface area contributed by atoms with Gasteiger partial charge in [0, 0.05) is 19.3 Å². The van der Waals surface area contributed by atoms with Crippen molar-refractivity contribution in [2.45, 2.75) is 13.5 Å². The lowest BCUT2D eigenvalue weighted by Gasteiger charge is -2.22. The number of benzene rings is 1. The van der Waals surface area contributed by atoms with E-state index in [2.05, 4.69) is 15.5 Å². The number of nitrogens with one attached hydrogen (secondary N) is 1. The van der Waals surface area contributed by atoms with Crippen LogP contribution in [0.25, 0.3) is 0 Å². The minimum Gasteiger partial charge on any atom is -0.395 e. The normalized spacial score (nSPS) is 10.2. The van der Waals surface area contributed by atoms with Crippen LogP contribution >= 0.6 is 0 Å². The van der Waals surface area contributed by atoms with Crippen LogP contribution in [0, 0.1) is 6.92 Å². The van der Waals surface area contributed by atoms with Crippen LogP contribution in [0.4, 0.5) is 10.6 Å². The number of aliphatic hydroxyl groups is 1. The van der Waals surface area contributed by atoms with Crippen LogP contribution in [-0.4, -0.2) is 39.4 Å². The van der Waals surface area contributed by atoms with Crippen molar-refractivity contribution in [3.63, 3.8) is 0 Å². The van der Waals surface area contributed by atoms with Crippen molar-refractivity contribution in [2.24, 2.45) is 0 Å². The number of aryl methyl sites for hydroxylation is 1. The molecule has 2 aromatic rings. The fourth-order valence-corrected chi connectivity index (χ4v) is 1.84. The van der Waals surface area contributed by atoms with Crippen LogP contribution in [0.1, 0.15) is 11.1 Å². The zero-order valence-electron chi connectivity index (χ0n) is 11.9. The van der Waals surface area contributed by atoms with Gasteiger partial charge < -0.3 is 10.0 Å². The van der Waals surface area contributed by atoms with Gasteiger partial charge in [-0.15, -0.1) is 5.10 Å². The number of carbonyl (C=O) groups excluding carboxylic acids is 1. The van der Waals surface area contributed by atoms with Gasteiger partial charge in [-0.3, -0.25) is 5.32 Å². The van der Waals surface area contributed by atoms with E-state index >= 15 is 0 Å². The van der Waals surface area contributed by atoms with Crippen LogP contribution in [0.15, 0.2) is 42.6 Å². The minimum atomic E-state index is -0.315. The van der Waals surface area contributed by atoms with Crippen molar-refractivity contribution in [1.29, 1.82) is 0 Å². The predicted molar refractivity (Wildman–Crippen MR) is 79.7 cm³/mol. The molecule has 0 aliphatic heterocycles. The number of amides is 2. The summed E-state index contributed by atoms with van der Waals surface area (Å²) in [7, 11) is 0. The molecule has 21 heavy (non-hydrogen) atoms. The molecule has 0 radical (unpaired) electrons. The van der Waals surface area contributed by atoms with Gasteiger partial charge in [-0.2, -0.15) is 5.10 Å². The van der Waals surface area contributed by atoms with Crippen molar-refractivity contribution in [3.8, 4) is 0 Å². The van der Waals surface area contributed by atoms with Gasteiger partial charge in [-0.1, -0.05) is 29.8 Å². The van der Waals surface area contributed by atoms with Gasteiger partial charge in [0.25, 0.3) is 0 Å². The predicted octanol–water partition coefficient (Wildman–Crippen LogP) is 1.81. The SMILES string of the molecule is Cc1ccc(CN(CCO)C(=O)Nc2cccnn2)cc1. The summed E-state index contributed by atoms with van der Waals surface area (Å²) in [4.78, 5) is 13.7. The van der Waals surface area contributed by atoms with Gasteiger partial charge in [0.1, 0.15) is 0 Å². The maximum absolute atomic E-state index is 12.2. The first kappa shape index (κ1) is 14.9. The van der Waals surface area contributed by atoms with Gasteiger partial charge >= 0.3 is 6.03 Å². The molecule has 1 aromatic carbocycles. The van der Waals surface area contributed by atoms with Crippen LogP contribution in [0.3, 0.4) is 0 Å². The number of hydrogen-bond donors (Lipinski definition) is 2. The summed E-state index contributed by atoms with van der Waals surface area (Å²) in [5, 5.41) is 19.3. The largest absolute Gasteiger partial charge is 0.395 e. The molecule has 2 rings (SSSR count). The third kappa shape index (κ3) is 4.54. The molecule has 6 heteroatoms. The van der Waals surface area contributed by atoms with Crippen LogP contribution in [0.5, 0.6) is 0 Å². The molecule has 2 N–H and O–H groups in total. The Balaban J connectivity index is 2.03. The topological polar surface area (TPSA) is 78.4 Å². The molecule has 1 heterocycles. The second-order valence-electron chi connectivity index (χ2n) is 4.67. The first-order chi connectivity index (χ1) is 10.2. The number of hydrogen-bond acceptors (Lipinski definition) is 4. The van der Waals surface area contributed by atoms with Gasteiger partial charge in [-0.25, -0.2) is 4.79 Å². The summed E-state index contributed by atoms with van der Waals surface area (Å²) < 4.78 is 0. The van der Waals surface area contributed by atoms with E-state index in [1.807, 2.05) is 31.2 Å². The molecule has 6 nitrogen and oxygen atoms in total. The van der Waals surface area contributed by atoms with Gasteiger partial charge in [0.2, 0.25) is 0 Å². The second-order valence-corrected chi connectivity index (χ2v) is 4.67.